The third-order valence-electron chi connectivity index (χ3n) is 4.64. The molecule has 2 aromatic heterocycles. The lowest BCUT2D eigenvalue weighted by Gasteiger charge is -2.33. The number of carbonyl (C=O) groups is 1. The zero-order chi connectivity index (χ0) is 17.6. The van der Waals surface area contributed by atoms with E-state index in [1.54, 1.807) is 12.4 Å². The summed E-state index contributed by atoms with van der Waals surface area (Å²) in [7, 11) is 0. The SMILES string of the molecule is CCC(C)C(=O)N1CCC(OCc2nc(-c3ccncc3)no2)CC1. The van der Waals surface area contributed by atoms with Gasteiger partial charge >= 0.3 is 0 Å². The molecule has 0 saturated carbocycles. The normalized spacial score (nSPS) is 16.8. The van der Waals surface area contributed by atoms with E-state index in [1.807, 2.05) is 30.9 Å². The standard InChI is InChI=1S/C18H24N4O3/c1-3-13(2)18(23)22-10-6-15(7-11-22)24-12-16-20-17(21-25-16)14-4-8-19-9-5-14/h4-5,8-9,13,15H,3,6-7,10-12H2,1-2H3. The largest absolute Gasteiger partial charge is 0.368 e. The van der Waals surface area contributed by atoms with E-state index in [0.717, 1.165) is 37.9 Å². The minimum absolute atomic E-state index is 0.0995. The van der Waals surface area contributed by atoms with Gasteiger partial charge in [0.05, 0.1) is 6.10 Å². The van der Waals surface area contributed by atoms with Crippen LogP contribution in [0.15, 0.2) is 29.0 Å². The van der Waals surface area contributed by atoms with Crippen LogP contribution in [0.3, 0.4) is 0 Å². The Bertz CT molecular complexity index is 681. The van der Waals surface area contributed by atoms with Gasteiger partial charge in [0.1, 0.15) is 6.61 Å². The number of piperidine rings is 1. The van der Waals surface area contributed by atoms with Crippen molar-refractivity contribution in [2.24, 2.45) is 5.92 Å². The lowest BCUT2D eigenvalue weighted by molar-refractivity contribution is -0.138. The van der Waals surface area contributed by atoms with Crippen molar-refractivity contribution in [1.82, 2.24) is 20.0 Å². The van der Waals surface area contributed by atoms with Crippen LogP contribution in [0, 0.1) is 5.92 Å². The maximum Gasteiger partial charge on any atom is 0.252 e. The van der Waals surface area contributed by atoms with E-state index in [9.17, 15) is 4.79 Å². The van der Waals surface area contributed by atoms with E-state index in [0.29, 0.717) is 18.3 Å². The molecule has 7 heteroatoms. The number of hydrogen-bond acceptors (Lipinski definition) is 6. The second-order valence-corrected chi connectivity index (χ2v) is 6.39. The van der Waals surface area contributed by atoms with Crippen LogP contribution in [0.25, 0.3) is 11.4 Å². The summed E-state index contributed by atoms with van der Waals surface area (Å²) < 4.78 is 11.1. The minimum atomic E-state index is 0.0995. The summed E-state index contributed by atoms with van der Waals surface area (Å²) in [5, 5.41) is 3.97. The van der Waals surface area contributed by atoms with Gasteiger partial charge in [0, 0.05) is 37.0 Å². The van der Waals surface area contributed by atoms with Crippen molar-refractivity contribution in [1.29, 1.82) is 0 Å². The van der Waals surface area contributed by atoms with Gasteiger partial charge in [-0.25, -0.2) is 0 Å². The molecule has 1 atom stereocenters. The van der Waals surface area contributed by atoms with Crippen LogP contribution in [0.5, 0.6) is 0 Å². The van der Waals surface area contributed by atoms with E-state index in [2.05, 4.69) is 15.1 Å². The van der Waals surface area contributed by atoms with Crippen LogP contribution in [0.2, 0.25) is 0 Å². The van der Waals surface area contributed by atoms with E-state index in [1.165, 1.54) is 0 Å². The van der Waals surface area contributed by atoms with Crippen molar-refractivity contribution in [2.45, 2.75) is 45.8 Å². The van der Waals surface area contributed by atoms with Crippen molar-refractivity contribution in [3.8, 4) is 11.4 Å². The molecule has 0 aromatic carbocycles. The summed E-state index contributed by atoms with van der Waals surface area (Å²) in [6.45, 7) is 5.83. The fraction of sp³-hybridized carbons (Fsp3) is 0.556. The molecule has 0 N–H and O–H groups in total. The Morgan fingerprint density at radius 3 is 2.76 bits per heavy atom. The predicted molar refractivity (Wildman–Crippen MR) is 91.4 cm³/mol. The van der Waals surface area contributed by atoms with Gasteiger partial charge in [-0.2, -0.15) is 4.98 Å². The summed E-state index contributed by atoms with van der Waals surface area (Å²) in [4.78, 5) is 22.5. The van der Waals surface area contributed by atoms with Crippen LogP contribution in [0.4, 0.5) is 0 Å². The molecule has 2 aromatic rings. The number of hydrogen-bond donors (Lipinski definition) is 0. The Labute approximate surface area is 147 Å². The molecular weight excluding hydrogens is 320 g/mol. The average Bonchev–Trinajstić information content (AvgIpc) is 3.15. The number of carbonyl (C=O) groups excluding carboxylic acids is 1. The van der Waals surface area contributed by atoms with Crippen LogP contribution >= 0.6 is 0 Å². The Balaban J connectivity index is 1.46. The average molecular weight is 344 g/mol. The lowest BCUT2D eigenvalue weighted by Crippen LogP contribution is -2.43. The van der Waals surface area contributed by atoms with Crippen molar-refractivity contribution >= 4 is 5.91 Å². The van der Waals surface area contributed by atoms with E-state index in [4.69, 9.17) is 9.26 Å². The van der Waals surface area contributed by atoms with Gasteiger partial charge < -0.3 is 14.2 Å². The lowest BCUT2D eigenvalue weighted by atomic mass is 10.0. The number of nitrogens with zero attached hydrogens (tertiary/aromatic N) is 4. The number of aromatic nitrogens is 3. The molecule has 0 aliphatic carbocycles. The molecule has 3 rings (SSSR count). The summed E-state index contributed by atoms with van der Waals surface area (Å²) in [6.07, 6.45) is 6.07. The first-order valence-corrected chi connectivity index (χ1v) is 8.80. The first-order valence-electron chi connectivity index (χ1n) is 8.80. The number of amides is 1. The topological polar surface area (TPSA) is 81.4 Å². The zero-order valence-corrected chi connectivity index (χ0v) is 14.7. The molecule has 1 aliphatic heterocycles. The number of rotatable bonds is 6. The molecule has 3 heterocycles. The van der Waals surface area contributed by atoms with Crippen molar-refractivity contribution < 1.29 is 14.1 Å². The van der Waals surface area contributed by atoms with Gasteiger partial charge in [0.2, 0.25) is 11.7 Å². The highest BCUT2D eigenvalue weighted by Gasteiger charge is 2.26. The van der Waals surface area contributed by atoms with Crippen molar-refractivity contribution in [3.05, 3.63) is 30.4 Å². The molecule has 134 valence electrons. The smallest absolute Gasteiger partial charge is 0.252 e. The summed E-state index contributed by atoms with van der Waals surface area (Å²) in [5.74, 6) is 1.35. The molecule has 1 unspecified atom stereocenters. The molecule has 0 radical (unpaired) electrons. The highest BCUT2D eigenvalue weighted by Crippen LogP contribution is 2.19. The monoisotopic (exact) mass is 344 g/mol. The first kappa shape index (κ1) is 17.5. The zero-order valence-electron chi connectivity index (χ0n) is 14.7. The first-order chi connectivity index (χ1) is 12.2. The van der Waals surface area contributed by atoms with Gasteiger partial charge in [-0.15, -0.1) is 0 Å². The van der Waals surface area contributed by atoms with Gasteiger partial charge in [-0.3, -0.25) is 9.78 Å². The predicted octanol–water partition coefficient (Wildman–Crippen LogP) is 2.69. The highest BCUT2D eigenvalue weighted by molar-refractivity contribution is 5.78. The fourth-order valence-electron chi connectivity index (χ4n) is 2.85. The Morgan fingerprint density at radius 2 is 2.08 bits per heavy atom. The third-order valence-corrected chi connectivity index (χ3v) is 4.64. The van der Waals surface area contributed by atoms with E-state index >= 15 is 0 Å². The molecule has 25 heavy (non-hydrogen) atoms. The van der Waals surface area contributed by atoms with Crippen molar-refractivity contribution in [3.63, 3.8) is 0 Å². The molecular formula is C18H24N4O3. The van der Waals surface area contributed by atoms with Crippen LogP contribution in [-0.4, -0.2) is 45.1 Å². The quantitative estimate of drug-likeness (QED) is 0.801. The molecule has 0 spiro atoms. The molecule has 1 saturated heterocycles. The fourth-order valence-corrected chi connectivity index (χ4v) is 2.85. The Kier molecular flexibility index (Phi) is 5.75. The molecule has 1 fully saturated rings. The Morgan fingerprint density at radius 1 is 1.36 bits per heavy atom. The van der Waals surface area contributed by atoms with Crippen LogP contribution in [0.1, 0.15) is 39.0 Å². The van der Waals surface area contributed by atoms with Crippen LogP contribution in [-0.2, 0) is 16.1 Å². The second kappa shape index (κ2) is 8.20. The van der Waals surface area contributed by atoms with Gasteiger partial charge in [0.25, 0.3) is 5.89 Å². The Hall–Kier alpha value is -2.28. The molecule has 1 amide bonds. The van der Waals surface area contributed by atoms with E-state index in [-0.39, 0.29) is 17.9 Å². The van der Waals surface area contributed by atoms with Gasteiger partial charge in [0.15, 0.2) is 0 Å². The second-order valence-electron chi connectivity index (χ2n) is 6.39. The summed E-state index contributed by atoms with van der Waals surface area (Å²) in [6, 6.07) is 3.67. The third kappa shape index (κ3) is 4.42. The number of pyridine rings is 1. The molecule has 1 aliphatic rings. The maximum atomic E-state index is 12.2. The minimum Gasteiger partial charge on any atom is -0.368 e. The van der Waals surface area contributed by atoms with Crippen LogP contribution < -0.4 is 0 Å². The highest BCUT2D eigenvalue weighted by atomic mass is 16.5. The van der Waals surface area contributed by atoms with Gasteiger partial charge in [-0.05, 0) is 31.4 Å². The van der Waals surface area contributed by atoms with E-state index < -0.39 is 0 Å². The summed E-state index contributed by atoms with van der Waals surface area (Å²) >= 11 is 0. The molecule has 0 bridgehead atoms. The number of ether oxygens (including phenoxy) is 1. The summed E-state index contributed by atoms with van der Waals surface area (Å²) in [5.41, 5.74) is 0.863. The van der Waals surface area contributed by atoms with Crippen molar-refractivity contribution in [2.75, 3.05) is 13.1 Å². The maximum absolute atomic E-state index is 12.2. The molecule has 7 nitrogen and oxygen atoms in total. The van der Waals surface area contributed by atoms with Gasteiger partial charge in [-0.1, -0.05) is 19.0 Å². The number of likely N-dealkylation sites (tertiary alicyclic amines) is 1.